The Hall–Kier alpha value is -4.14. The number of anilines is 1. The second kappa shape index (κ2) is 9.01. The third-order valence-electron chi connectivity index (χ3n) is 6.08. The van der Waals surface area contributed by atoms with Crippen LogP contribution in [-0.4, -0.2) is 42.1 Å². The molecule has 1 aliphatic heterocycles. The van der Waals surface area contributed by atoms with Crippen LogP contribution in [0, 0.1) is 5.82 Å². The molecule has 0 spiro atoms. The standard InChI is InChI=1S/C25H24FN7O/c1-32-15-18(13-30-32)21-12-17(9-10-28-21)24(34)33-11-3-2-4-22(33)23-20(14-29-25(27)31-23)16-5-7-19(26)8-6-16/h5-10,12-15,22H,2-4,11H2,1H3,(H2,27,29,31)/t22-/m0/s1. The zero-order valence-corrected chi connectivity index (χ0v) is 18.7. The van der Waals surface area contributed by atoms with Crippen molar-refractivity contribution in [2.45, 2.75) is 25.3 Å². The fourth-order valence-corrected chi connectivity index (χ4v) is 4.41. The zero-order valence-electron chi connectivity index (χ0n) is 18.7. The highest BCUT2D eigenvalue weighted by Crippen LogP contribution is 2.37. The van der Waals surface area contributed by atoms with Gasteiger partial charge in [-0.15, -0.1) is 0 Å². The molecule has 8 nitrogen and oxygen atoms in total. The van der Waals surface area contributed by atoms with Crippen LogP contribution >= 0.6 is 0 Å². The summed E-state index contributed by atoms with van der Waals surface area (Å²) in [7, 11) is 1.84. The number of hydrogen-bond donors (Lipinski definition) is 1. The molecule has 0 unspecified atom stereocenters. The molecule has 3 aromatic heterocycles. The molecule has 9 heteroatoms. The quantitative estimate of drug-likeness (QED) is 0.496. The molecule has 1 fully saturated rings. The Labute approximate surface area is 196 Å². The normalized spacial score (nSPS) is 15.9. The van der Waals surface area contributed by atoms with Gasteiger partial charge in [-0.2, -0.15) is 5.10 Å². The maximum absolute atomic E-state index is 13.7. The smallest absolute Gasteiger partial charge is 0.254 e. The highest BCUT2D eigenvalue weighted by Gasteiger charge is 2.32. The molecule has 1 aromatic carbocycles. The van der Waals surface area contributed by atoms with E-state index in [0.29, 0.717) is 23.5 Å². The minimum atomic E-state index is -0.321. The molecule has 0 bridgehead atoms. The van der Waals surface area contributed by atoms with E-state index in [2.05, 4.69) is 20.1 Å². The van der Waals surface area contributed by atoms with Crippen LogP contribution in [0.5, 0.6) is 0 Å². The maximum Gasteiger partial charge on any atom is 0.254 e. The molecule has 5 rings (SSSR count). The molecule has 0 saturated carbocycles. The van der Waals surface area contributed by atoms with Crippen LogP contribution in [0.3, 0.4) is 0 Å². The number of hydrogen-bond acceptors (Lipinski definition) is 6. The SMILES string of the molecule is Cn1cc(-c2cc(C(=O)N3CCCC[C@H]3c3nc(N)ncc3-c3ccc(F)cc3)ccn2)cn1. The Morgan fingerprint density at radius 1 is 1.09 bits per heavy atom. The molecular formula is C25H24FN7O. The highest BCUT2D eigenvalue weighted by atomic mass is 19.1. The van der Waals surface area contributed by atoms with Crippen molar-refractivity contribution in [3.8, 4) is 22.4 Å². The van der Waals surface area contributed by atoms with Crippen molar-refractivity contribution in [1.82, 2.24) is 29.6 Å². The first-order valence-electron chi connectivity index (χ1n) is 11.1. The first-order chi connectivity index (χ1) is 16.5. The van der Waals surface area contributed by atoms with E-state index in [0.717, 1.165) is 36.0 Å². The first kappa shape index (κ1) is 21.7. The Balaban J connectivity index is 1.52. The summed E-state index contributed by atoms with van der Waals surface area (Å²) in [6, 6.07) is 9.41. The zero-order chi connectivity index (χ0) is 23.7. The van der Waals surface area contributed by atoms with Crippen LogP contribution in [0.25, 0.3) is 22.4 Å². The average molecular weight is 458 g/mol. The number of nitrogens with two attached hydrogens (primary N) is 1. The van der Waals surface area contributed by atoms with Gasteiger partial charge in [-0.1, -0.05) is 12.1 Å². The summed E-state index contributed by atoms with van der Waals surface area (Å²) in [5.41, 5.74) is 10.2. The number of piperidine rings is 1. The number of aromatic nitrogens is 5. The summed E-state index contributed by atoms with van der Waals surface area (Å²) in [4.78, 5) is 28.7. The van der Waals surface area contributed by atoms with Gasteiger partial charge in [-0.25, -0.2) is 14.4 Å². The van der Waals surface area contributed by atoms with Gasteiger partial charge in [-0.3, -0.25) is 14.5 Å². The molecule has 34 heavy (non-hydrogen) atoms. The Kier molecular flexibility index (Phi) is 5.75. The number of nitrogen functional groups attached to an aromatic ring is 1. The van der Waals surface area contributed by atoms with Gasteiger partial charge in [-0.05, 0) is 49.1 Å². The first-order valence-corrected chi connectivity index (χ1v) is 11.1. The second-order valence-electron chi connectivity index (χ2n) is 8.38. The molecule has 172 valence electrons. The monoisotopic (exact) mass is 457 g/mol. The molecule has 1 atom stereocenters. The number of halogens is 1. The van der Waals surface area contributed by atoms with Gasteiger partial charge in [0.15, 0.2) is 0 Å². The topological polar surface area (TPSA) is 103 Å². The van der Waals surface area contributed by atoms with Gasteiger partial charge in [0.25, 0.3) is 5.91 Å². The Bertz CT molecular complexity index is 1340. The number of amides is 1. The van der Waals surface area contributed by atoms with E-state index in [9.17, 15) is 9.18 Å². The van der Waals surface area contributed by atoms with Gasteiger partial charge in [0, 0.05) is 48.9 Å². The lowest BCUT2D eigenvalue weighted by molar-refractivity contribution is 0.0607. The molecule has 4 aromatic rings. The van der Waals surface area contributed by atoms with E-state index in [1.807, 2.05) is 18.1 Å². The van der Waals surface area contributed by atoms with E-state index in [1.54, 1.807) is 47.5 Å². The van der Waals surface area contributed by atoms with Crippen molar-refractivity contribution in [2.24, 2.45) is 7.05 Å². The number of carbonyl (C=O) groups excluding carboxylic acids is 1. The number of rotatable bonds is 4. The number of nitrogens with zero attached hydrogens (tertiary/aromatic N) is 6. The molecule has 0 aliphatic carbocycles. The third-order valence-corrected chi connectivity index (χ3v) is 6.08. The van der Waals surface area contributed by atoms with Crippen molar-refractivity contribution in [3.05, 3.63) is 78.3 Å². The lowest BCUT2D eigenvalue weighted by Crippen LogP contribution is -2.39. The van der Waals surface area contributed by atoms with Crippen LogP contribution < -0.4 is 5.73 Å². The van der Waals surface area contributed by atoms with Crippen LogP contribution in [0.2, 0.25) is 0 Å². The van der Waals surface area contributed by atoms with Gasteiger partial charge in [0.1, 0.15) is 5.82 Å². The number of carbonyl (C=O) groups is 1. The van der Waals surface area contributed by atoms with Gasteiger partial charge in [0.05, 0.1) is 23.6 Å². The summed E-state index contributed by atoms with van der Waals surface area (Å²) in [6.45, 7) is 0.598. The Morgan fingerprint density at radius 3 is 2.68 bits per heavy atom. The van der Waals surface area contributed by atoms with E-state index < -0.39 is 0 Å². The predicted molar refractivity (Wildman–Crippen MR) is 126 cm³/mol. The lowest BCUT2D eigenvalue weighted by Gasteiger charge is -2.36. The van der Waals surface area contributed by atoms with Crippen molar-refractivity contribution >= 4 is 11.9 Å². The lowest BCUT2D eigenvalue weighted by atomic mass is 9.93. The summed E-state index contributed by atoms with van der Waals surface area (Å²) >= 11 is 0. The average Bonchev–Trinajstić information content (AvgIpc) is 3.30. The molecule has 1 aliphatic rings. The highest BCUT2D eigenvalue weighted by molar-refractivity contribution is 5.95. The van der Waals surface area contributed by atoms with Crippen molar-refractivity contribution in [1.29, 1.82) is 0 Å². The van der Waals surface area contributed by atoms with Crippen molar-refractivity contribution < 1.29 is 9.18 Å². The summed E-state index contributed by atoms with van der Waals surface area (Å²) < 4.78 is 15.2. The molecule has 4 heterocycles. The third kappa shape index (κ3) is 4.24. The number of likely N-dealkylation sites (tertiary alicyclic amines) is 1. The number of aryl methyl sites for hydroxylation is 1. The van der Waals surface area contributed by atoms with Crippen LogP contribution in [-0.2, 0) is 7.05 Å². The van der Waals surface area contributed by atoms with Crippen LogP contribution in [0.15, 0.2) is 61.2 Å². The summed E-state index contributed by atoms with van der Waals surface area (Å²) in [5, 5.41) is 4.19. The van der Waals surface area contributed by atoms with Crippen molar-refractivity contribution in [3.63, 3.8) is 0 Å². The molecular weight excluding hydrogens is 433 g/mol. The summed E-state index contributed by atoms with van der Waals surface area (Å²) in [6.07, 6.45) is 9.47. The molecule has 1 saturated heterocycles. The van der Waals surface area contributed by atoms with Gasteiger partial charge < -0.3 is 10.6 Å². The van der Waals surface area contributed by atoms with Crippen LogP contribution in [0.4, 0.5) is 10.3 Å². The number of benzene rings is 1. The second-order valence-corrected chi connectivity index (χ2v) is 8.38. The van der Waals surface area contributed by atoms with Crippen molar-refractivity contribution in [2.75, 3.05) is 12.3 Å². The largest absolute Gasteiger partial charge is 0.368 e. The van der Waals surface area contributed by atoms with Crippen LogP contribution in [0.1, 0.15) is 41.4 Å². The maximum atomic E-state index is 13.7. The van der Waals surface area contributed by atoms with Gasteiger partial charge >= 0.3 is 0 Å². The minimum absolute atomic E-state index is 0.0977. The van der Waals surface area contributed by atoms with Gasteiger partial charge in [0.2, 0.25) is 5.95 Å². The Morgan fingerprint density at radius 2 is 1.91 bits per heavy atom. The molecule has 2 N–H and O–H groups in total. The fourth-order valence-electron chi connectivity index (χ4n) is 4.41. The minimum Gasteiger partial charge on any atom is -0.368 e. The molecule has 1 amide bonds. The van der Waals surface area contributed by atoms with E-state index >= 15 is 0 Å². The van der Waals surface area contributed by atoms with E-state index in [-0.39, 0.29) is 23.7 Å². The predicted octanol–water partition coefficient (Wildman–Crippen LogP) is 4.03. The van der Waals surface area contributed by atoms with E-state index in [4.69, 9.17) is 5.73 Å². The molecule has 0 radical (unpaired) electrons. The fraction of sp³-hybridized carbons (Fsp3) is 0.240. The summed E-state index contributed by atoms with van der Waals surface area (Å²) in [5.74, 6) is -0.278. The number of pyridine rings is 1. The van der Waals surface area contributed by atoms with E-state index in [1.165, 1.54) is 12.1 Å².